The monoisotopic (exact) mass is 415 g/mol. The maximum Gasteiger partial charge on any atom is 0.112 e. The normalized spacial score (nSPS) is 11.8. The van der Waals surface area contributed by atoms with Crippen molar-refractivity contribution in [1.82, 2.24) is 0 Å². The first-order valence-electron chi connectivity index (χ1n) is 11.6. The number of benzene rings is 3. The van der Waals surface area contributed by atoms with E-state index in [0.717, 1.165) is 0 Å². The highest BCUT2D eigenvalue weighted by Crippen LogP contribution is 2.55. The molecule has 0 spiro atoms. The van der Waals surface area contributed by atoms with Crippen molar-refractivity contribution in [3.8, 4) is 0 Å². The summed E-state index contributed by atoms with van der Waals surface area (Å²) in [4.78, 5) is 0. The van der Waals surface area contributed by atoms with Gasteiger partial charge in [0.1, 0.15) is 23.2 Å². The fourth-order valence-corrected chi connectivity index (χ4v) is 8.62. The Hall–Kier alpha value is -2.17. The molecular formula is C29H36P+. The van der Waals surface area contributed by atoms with E-state index in [1.54, 1.807) is 0 Å². The fraction of sp³-hybridized carbons (Fsp3) is 0.310. The Bertz CT molecular complexity index is 756. The zero-order chi connectivity index (χ0) is 20.9. The molecule has 0 amide bonds. The molecule has 30 heavy (non-hydrogen) atoms. The summed E-state index contributed by atoms with van der Waals surface area (Å²) in [7, 11) is -1.66. The van der Waals surface area contributed by atoms with E-state index >= 15 is 0 Å². The van der Waals surface area contributed by atoms with Crippen LogP contribution in [-0.4, -0.2) is 6.16 Å². The molecule has 0 aliphatic carbocycles. The standard InChI is InChI=1S/C29H36P/c1-2-3-4-5-6-7-8-9-19-26-30(27-20-13-10-14-21-27,28-22-15-11-16-23-28)29-24-17-12-18-25-29/h7-8,10-18,20-25H,2-6,9,19,26H2,1H3/q+1/b8-7-. The Labute approximate surface area is 184 Å². The van der Waals surface area contributed by atoms with Crippen LogP contribution in [0, 0.1) is 0 Å². The van der Waals surface area contributed by atoms with Gasteiger partial charge in [-0.15, -0.1) is 0 Å². The van der Waals surface area contributed by atoms with E-state index in [0.29, 0.717) is 0 Å². The van der Waals surface area contributed by atoms with Gasteiger partial charge >= 0.3 is 0 Å². The van der Waals surface area contributed by atoms with Crippen LogP contribution < -0.4 is 15.9 Å². The predicted octanol–water partition coefficient (Wildman–Crippen LogP) is 7.29. The Morgan fingerprint density at radius 1 is 0.533 bits per heavy atom. The highest BCUT2D eigenvalue weighted by molar-refractivity contribution is 7.95. The number of allylic oxidation sites excluding steroid dienone is 2. The van der Waals surface area contributed by atoms with Crippen LogP contribution >= 0.6 is 7.26 Å². The van der Waals surface area contributed by atoms with E-state index in [-0.39, 0.29) is 0 Å². The van der Waals surface area contributed by atoms with Crippen LogP contribution in [0.1, 0.15) is 51.9 Å². The summed E-state index contributed by atoms with van der Waals surface area (Å²) in [5.41, 5.74) is 0. The first kappa shape index (κ1) is 22.5. The molecule has 0 aliphatic heterocycles. The van der Waals surface area contributed by atoms with Crippen molar-refractivity contribution in [2.24, 2.45) is 0 Å². The Morgan fingerprint density at radius 3 is 1.40 bits per heavy atom. The third-order valence-corrected chi connectivity index (χ3v) is 10.4. The minimum atomic E-state index is -1.66. The van der Waals surface area contributed by atoms with E-state index in [1.165, 1.54) is 67.0 Å². The van der Waals surface area contributed by atoms with Gasteiger partial charge in [-0.3, -0.25) is 0 Å². The lowest BCUT2D eigenvalue weighted by Gasteiger charge is -2.27. The molecule has 0 aromatic heterocycles. The minimum absolute atomic E-state index is 1.17. The van der Waals surface area contributed by atoms with Gasteiger partial charge in [-0.05, 0) is 62.1 Å². The number of hydrogen-bond acceptors (Lipinski definition) is 0. The molecule has 0 fully saturated rings. The second-order valence-electron chi connectivity index (χ2n) is 8.00. The maximum atomic E-state index is 2.42. The Kier molecular flexibility index (Phi) is 9.39. The molecule has 3 aromatic carbocycles. The molecule has 0 saturated carbocycles. The van der Waals surface area contributed by atoms with Gasteiger partial charge in [-0.1, -0.05) is 92.9 Å². The van der Waals surface area contributed by atoms with Gasteiger partial charge in [-0.2, -0.15) is 0 Å². The molecule has 0 N–H and O–H groups in total. The largest absolute Gasteiger partial charge is 0.112 e. The molecule has 0 heterocycles. The SMILES string of the molecule is CCCCCC/C=C\CCC[P+](c1ccccc1)(c1ccccc1)c1ccccc1. The summed E-state index contributed by atoms with van der Waals surface area (Å²) >= 11 is 0. The van der Waals surface area contributed by atoms with Gasteiger partial charge in [-0.25, -0.2) is 0 Å². The van der Waals surface area contributed by atoms with E-state index in [2.05, 4.69) is 110 Å². The van der Waals surface area contributed by atoms with E-state index in [4.69, 9.17) is 0 Å². The lowest BCUT2D eigenvalue weighted by atomic mass is 10.1. The van der Waals surface area contributed by atoms with Gasteiger partial charge in [0.15, 0.2) is 0 Å². The highest BCUT2D eigenvalue weighted by atomic mass is 31.2. The van der Waals surface area contributed by atoms with Crippen molar-refractivity contribution < 1.29 is 0 Å². The molecule has 0 aliphatic rings. The summed E-state index contributed by atoms with van der Waals surface area (Å²) in [6.07, 6.45) is 15.0. The van der Waals surface area contributed by atoms with E-state index in [9.17, 15) is 0 Å². The minimum Gasteiger partial charge on any atom is -0.0885 e. The summed E-state index contributed by atoms with van der Waals surface area (Å²) in [5.74, 6) is 0. The molecule has 0 unspecified atom stereocenters. The van der Waals surface area contributed by atoms with Gasteiger partial charge in [0.05, 0.1) is 6.16 Å². The number of unbranched alkanes of at least 4 members (excludes halogenated alkanes) is 5. The summed E-state index contributed by atoms with van der Waals surface area (Å²) in [5, 5.41) is 4.47. The molecule has 3 aromatic rings. The summed E-state index contributed by atoms with van der Waals surface area (Å²) < 4.78 is 0. The lowest BCUT2D eigenvalue weighted by molar-refractivity contribution is 0.673. The zero-order valence-corrected chi connectivity index (χ0v) is 19.3. The van der Waals surface area contributed by atoms with E-state index < -0.39 is 7.26 Å². The van der Waals surface area contributed by atoms with Crippen molar-refractivity contribution in [3.05, 3.63) is 103 Å². The number of hydrogen-bond donors (Lipinski definition) is 0. The molecule has 3 rings (SSSR count). The summed E-state index contributed by atoms with van der Waals surface area (Å²) in [6.45, 7) is 2.28. The first-order chi connectivity index (χ1) is 14.9. The predicted molar refractivity (Wildman–Crippen MR) is 137 cm³/mol. The average molecular weight is 416 g/mol. The molecule has 156 valence electrons. The van der Waals surface area contributed by atoms with Crippen molar-refractivity contribution in [2.45, 2.75) is 51.9 Å². The third kappa shape index (κ3) is 5.93. The van der Waals surface area contributed by atoms with Crippen LogP contribution in [0.25, 0.3) is 0 Å². The van der Waals surface area contributed by atoms with Crippen molar-refractivity contribution >= 4 is 23.2 Å². The molecule has 0 bridgehead atoms. The topological polar surface area (TPSA) is 0 Å². The molecule has 0 nitrogen and oxygen atoms in total. The van der Waals surface area contributed by atoms with Crippen molar-refractivity contribution in [3.63, 3.8) is 0 Å². The molecule has 0 radical (unpaired) electrons. The second-order valence-corrected chi connectivity index (χ2v) is 11.6. The first-order valence-corrected chi connectivity index (χ1v) is 13.6. The quantitative estimate of drug-likeness (QED) is 0.165. The smallest absolute Gasteiger partial charge is 0.0885 e. The Morgan fingerprint density at radius 2 is 0.967 bits per heavy atom. The zero-order valence-electron chi connectivity index (χ0n) is 18.4. The third-order valence-electron chi connectivity index (χ3n) is 5.85. The van der Waals surface area contributed by atoms with Crippen molar-refractivity contribution in [1.29, 1.82) is 0 Å². The lowest BCUT2D eigenvalue weighted by Crippen LogP contribution is -2.33. The van der Waals surface area contributed by atoms with Gasteiger partial charge in [0, 0.05) is 0 Å². The second kappa shape index (κ2) is 12.5. The van der Waals surface area contributed by atoms with Crippen LogP contribution in [-0.2, 0) is 0 Å². The molecule has 0 saturated heterocycles. The van der Waals surface area contributed by atoms with Crippen molar-refractivity contribution in [2.75, 3.05) is 6.16 Å². The molecular weight excluding hydrogens is 379 g/mol. The van der Waals surface area contributed by atoms with Crippen LogP contribution in [0.5, 0.6) is 0 Å². The van der Waals surface area contributed by atoms with Crippen LogP contribution in [0.3, 0.4) is 0 Å². The van der Waals surface area contributed by atoms with Crippen LogP contribution in [0.4, 0.5) is 0 Å². The fourth-order valence-electron chi connectivity index (χ4n) is 4.25. The molecule has 0 atom stereocenters. The number of rotatable bonds is 12. The molecule has 1 heteroatoms. The maximum absolute atomic E-state index is 2.42. The van der Waals surface area contributed by atoms with Gasteiger partial charge in [0.2, 0.25) is 0 Å². The summed E-state index contributed by atoms with van der Waals surface area (Å²) in [6, 6.07) is 33.7. The van der Waals surface area contributed by atoms with E-state index in [1.807, 2.05) is 0 Å². The van der Waals surface area contributed by atoms with Gasteiger partial charge in [0.25, 0.3) is 0 Å². The highest BCUT2D eigenvalue weighted by Gasteiger charge is 2.44. The average Bonchev–Trinajstić information content (AvgIpc) is 2.82. The van der Waals surface area contributed by atoms with Gasteiger partial charge < -0.3 is 0 Å². The Balaban J connectivity index is 1.82. The van der Waals surface area contributed by atoms with Crippen LogP contribution in [0.15, 0.2) is 103 Å². The van der Waals surface area contributed by atoms with Crippen LogP contribution in [0.2, 0.25) is 0 Å².